The van der Waals surface area contributed by atoms with Gasteiger partial charge in [0.05, 0.1) is 6.20 Å². The SMILES string of the molecule is NC(=O)CCCCNCc1cncc(F)c1. The molecular formula is C11H16FN3O. The second-order valence-corrected chi connectivity index (χ2v) is 3.61. The molecule has 0 saturated heterocycles. The minimum Gasteiger partial charge on any atom is -0.370 e. The lowest BCUT2D eigenvalue weighted by Gasteiger charge is -2.03. The Labute approximate surface area is 94.1 Å². The number of carbonyl (C=O) groups is 1. The summed E-state index contributed by atoms with van der Waals surface area (Å²) in [5, 5.41) is 3.14. The molecule has 1 aromatic heterocycles. The predicted molar refractivity (Wildman–Crippen MR) is 58.9 cm³/mol. The van der Waals surface area contributed by atoms with Gasteiger partial charge in [0.2, 0.25) is 5.91 Å². The van der Waals surface area contributed by atoms with Crippen molar-refractivity contribution < 1.29 is 9.18 Å². The largest absolute Gasteiger partial charge is 0.370 e. The van der Waals surface area contributed by atoms with Crippen LogP contribution in [0.15, 0.2) is 18.5 Å². The first-order valence-electron chi connectivity index (χ1n) is 5.27. The number of amides is 1. The van der Waals surface area contributed by atoms with Crippen molar-refractivity contribution in [3.63, 3.8) is 0 Å². The molecule has 0 aromatic carbocycles. The van der Waals surface area contributed by atoms with Gasteiger partial charge in [-0.15, -0.1) is 0 Å². The van der Waals surface area contributed by atoms with E-state index in [1.807, 2.05) is 0 Å². The molecule has 5 heteroatoms. The molecule has 1 rings (SSSR count). The lowest BCUT2D eigenvalue weighted by Crippen LogP contribution is -2.16. The fourth-order valence-electron chi connectivity index (χ4n) is 1.33. The van der Waals surface area contributed by atoms with Gasteiger partial charge in [-0.05, 0) is 31.0 Å². The number of pyridine rings is 1. The normalized spacial score (nSPS) is 10.3. The molecule has 0 aliphatic heterocycles. The number of carbonyl (C=O) groups excluding carboxylic acids is 1. The number of aromatic nitrogens is 1. The van der Waals surface area contributed by atoms with E-state index >= 15 is 0 Å². The van der Waals surface area contributed by atoms with Crippen molar-refractivity contribution in [3.05, 3.63) is 29.8 Å². The molecule has 88 valence electrons. The van der Waals surface area contributed by atoms with Crippen LogP contribution in [0.2, 0.25) is 0 Å². The van der Waals surface area contributed by atoms with Crippen LogP contribution in [-0.4, -0.2) is 17.4 Å². The Bertz CT molecular complexity index is 344. The molecule has 0 spiro atoms. The van der Waals surface area contributed by atoms with Crippen LogP contribution in [0.4, 0.5) is 4.39 Å². The maximum Gasteiger partial charge on any atom is 0.217 e. The number of nitrogens with two attached hydrogens (primary N) is 1. The zero-order valence-electron chi connectivity index (χ0n) is 9.08. The highest BCUT2D eigenvalue weighted by molar-refractivity contribution is 5.73. The van der Waals surface area contributed by atoms with Gasteiger partial charge >= 0.3 is 0 Å². The second-order valence-electron chi connectivity index (χ2n) is 3.61. The van der Waals surface area contributed by atoms with E-state index in [0.29, 0.717) is 13.0 Å². The number of hydrogen-bond acceptors (Lipinski definition) is 3. The molecule has 1 aromatic rings. The first-order valence-corrected chi connectivity index (χ1v) is 5.27. The summed E-state index contributed by atoms with van der Waals surface area (Å²) in [4.78, 5) is 14.2. The van der Waals surface area contributed by atoms with Gasteiger partial charge in [0, 0.05) is 19.2 Å². The zero-order chi connectivity index (χ0) is 11.8. The van der Waals surface area contributed by atoms with Crippen LogP contribution in [-0.2, 0) is 11.3 Å². The van der Waals surface area contributed by atoms with Crippen LogP contribution < -0.4 is 11.1 Å². The minimum atomic E-state index is -0.326. The van der Waals surface area contributed by atoms with Crippen LogP contribution >= 0.6 is 0 Å². The van der Waals surface area contributed by atoms with Crippen molar-refractivity contribution in [2.24, 2.45) is 5.73 Å². The van der Waals surface area contributed by atoms with E-state index in [4.69, 9.17) is 5.73 Å². The maximum absolute atomic E-state index is 12.7. The third-order valence-corrected chi connectivity index (χ3v) is 2.12. The fraction of sp³-hybridized carbons (Fsp3) is 0.455. The van der Waals surface area contributed by atoms with E-state index < -0.39 is 0 Å². The summed E-state index contributed by atoms with van der Waals surface area (Å²) in [5.74, 6) is -0.595. The molecule has 16 heavy (non-hydrogen) atoms. The third-order valence-electron chi connectivity index (χ3n) is 2.12. The molecule has 1 amide bonds. The fourth-order valence-corrected chi connectivity index (χ4v) is 1.33. The van der Waals surface area contributed by atoms with Crippen molar-refractivity contribution in [3.8, 4) is 0 Å². The highest BCUT2D eigenvalue weighted by Crippen LogP contribution is 2.00. The molecule has 0 aliphatic carbocycles. The monoisotopic (exact) mass is 225 g/mol. The van der Waals surface area contributed by atoms with Crippen LogP contribution in [0.3, 0.4) is 0 Å². The number of nitrogens with zero attached hydrogens (tertiary/aromatic N) is 1. The van der Waals surface area contributed by atoms with Gasteiger partial charge in [0.15, 0.2) is 0 Å². The average Bonchev–Trinajstić information content (AvgIpc) is 2.23. The molecule has 1 heterocycles. The molecule has 0 atom stereocenters. The molecule has 0 bridgehead atoms. The highest BCUT2D eigenvalue weighted by atomic mass is 19.1. The van der Waals surface area contributed by atoms with E-state index in [1.54, 1.807) is 6.20 Å². The number of unbranched alkanes of at least 4 members (excludes halogenated alkanes) is 1. The molecule has 0 radical (unpaired) electrons. The predicted octanol–water partition coefficient (Wildman–Crippen LogP) is 0.966. The van der Waals surface area contributed by atoms with Crippen LogP contribution in [0, 0.1) is 5.82 Å². The summed E-state index contributed by atoms with van der Waals surface area (Å²) in [5.41, 5.74) is 5.82. The van der Waals surface area contributed by atoms with Crippen LogP contribution in [0.25, 0.3) is 0 Å². The molecular weight excluding hydrogens is 209 g/mol. The molecule has 0 fully saturated rings. The Hall–Kier alpha value is -1.49. The molecule has 0 saturated carbocycles. The van der Waals surface area contributed by atoms with Gasteiger partial charge in [0.1, 0.15) is 5.82 Å². The van der Waals surface area contributed by atoms with Gasteiger partial charge in [-0.2, -0.15) is 0 Å². The Morgan fingerprint density at radius 3 is 2.94 bits per heavy atom. The zero-order valence-corrected chi connectivity index (χ0v) is 9.08. The lowest BCUT2D eigenvalue weighted by molar-refractivity contribution is -0.118. The maximum atomic E-state index is 12.7. The van der Waals surface area contributed by atoms with Crippen LogP contribution in [0.5, 0.6) is 0 Å². The third kappa shape index (κ3) is 5.41. The summed E-state index contributed by atoms with van der Waals surface area (Å²) >= 11 is 0. The minimum absolute atomic E-state index is 0.269. The van der Waals surface area contributed by atoms with E-state index in [1.165, 1.54) is 12.3 Å². The van der Waals surface area contributed by atoms with Crippen molar-refractivity contribution >= 4 is 5.91 Å². The van der Waals surface area contributed by atoms with Gasteiger partial charge in [0.25, 0.3) is 0 Å². The summed E-state index contributed by atoms with van der Waals surface area (Å²) in [6.45, 7) is 1.37. The van der Waals surface area contributed by atoms with Crippen molar-refractivity contribution in [1.29, 1.82) is 0 Å². The summed E-state index contributed by atoms with van der Waals surface area (Å²) < 4.78 is 12.7. The van der Waals surface area contributed by atoms with Gasteiger partial charge in [-0.1, -0.05) is 0 Å². The lowest BCUT2D eigenvalue weighted by atomic mass is 10.2. The van der Waals surface area contributed by atoms with E-state index in [-0.39, 0.29) is 11.7 Å². The van der Waals surface area contributed by atoms with E-state index in [9.17, 15) is 9.18 Å². The quantitative estimate of drug-likeness (QED) is 0.679. The molecule has 4 nitrogen and oxygen atoms in total. The van der Waals surface area contributed by atoms with Crippen LogP contribution in [0.1, 0.15) is 24.8 Å². The molecule has 0 aliphatic rings. The smallest absolute Gasteiger partial charge is 0.217 e. The Morgan fingerprint density at radius 1 is 1.44 bits per heavy atom. The van der Waals surface area contributed by atoms with Gasteiger partial charge < -0.3 is 11.1 Å². The number of halogens is 1. The van der Waals surface area contributed by atoms with Crippen molar-refractivity contribution in [1.82, 2.24) is 10.3 Å². The van der Waals surface area contributed by atoms with E-state index in [2.05, 4.69) is 10.3 Å². The Morgan fingerprint density at radius 2 is 2.25 bits per heavy atom. The van der Waals surface area contributed by atoms with Crippen molar-refractivity contribution in [2.45, 2.75) is 25.8 Å². The van der Waals surface area contributed by atoms with E-state index in [0.717, 1.165) is 24.9 Å². The molecule has 3 N–H and O–H groups in total. The van der Waals surface area contributed by atoms with Gasteiger partial charge in [-0.25, -0.2) is 4.39 Å². The first-order chi connectivity index (χ1) is 7.68. The highest BCUT2D eigenvalue weighted by Gasteiger charge is 1.97. The first kappa shape index (κ1) is 12.6. The topological polar surface area (TPSA) is 68.0 Å². The standard InChI is InChI=1S/C11H16FN3O/c12-10-5-9(7-15-8-10)6-14-4-2-1-3-11(13)16/h5,7-8,14H,1-4,6H2,(H2,13,16). The average molecular weight is 225 g/mol. The van der Waals surface area contributed by atoms with Crippen molar-refractivity contribution in [2.75, 3.05) is 6.54 Å². The number of nitrogens with one attached hydrogen (secondary N) is 1. The summed E-state index contributed by atoms with van der Waals surface area (Å²) in [7, 11) is 0. The Kier molecular flexibility index (Phi) is 5.42. The summed E-state index contributed by atoms with van der Waals surface area (Å²) in [6, 6.07) is 1.45. The summed E-state index contributed by atoms with van der Waals surface area (Å²) in [6.07, 6.45) is 4.88. The second kappa shape index (κ2) is 6.90. The number of hydrogen-bond donors (Lipinski definition) is 2. The number of rotatable bonds is 7. The Balaban J connectivity index is 2.09. The van der Waals surface area contributed by atoms with Gasteiger partial charge in [-0.3, -0.25) is 9.78 Å². The number of primary amides is 1. The molecule has 0 unspecified atom stereocenters.